The number of anilines is 2. The molecule has 0 fully saturated rings. The Labute approximate surface area is 160 Å². The molecule has 0 aliphatic rings. The van der Waals surface area contributed by atoms with Gasteiger partial charge in [0.15, 0.2) is 0 Å². The molecule has 1 heterocycles. The SMILES string of the molecule is Nc1ccc(-c2nc(-c3ccccc3[N+](=O)[O-])[nH]c2-c2ccc(N)cc2)cc1. The monoisotopic (exact) mass is 371 g/mol. The molecule has 0 atom stereocenters. The summed E-state index contributed by atoms with van der Waals surface area (Å²) in [6.45, 7) is 0. The van der Waals surface area contributed by atoms with E-state index < -0.39 is 4.92 Å². The first-order valence-corrected chi connectivity index (χ1v) is 8.58. The topological polar surface area (TPSA) is 124 Å². The predicted molar refractivity (Wildman–Crippen MR) is 110 cm³/mol. The molecule has 4 rings (SSSR count). The lowest BCUT2D eigenvalue weighted by atomic mass is 10.0. The van der Waals surface area contributed by atoms with Gasteiger partial charge in [-0.05, 0) is 30.3 Å². The number of para-hydroxylation sites is 1. The molecular formula is C21H17N5O2. The molecule has 0 aliphatic heterocycles. The fourth-order valence-corrected chi connectivity index (χ4v) is 3.04. The molecule has 3 aromatic carbocycles. The van der Waals surface area contributed by atoms with Crippen LogP contribution in [0.4, 0.5) is 17.1 Å². The van der Waals surface area contributed by atoms with Crippen LogP contribution in [0.5, 0.6) is 0 Å². The second-order valence-electron chi connectivity index (χ2n) is 6.33. The van der Waals surface area contributed by atoms with Crippen LogP contribution >= 0.6 is 0 Å². The predicted octanol–water partition coefficient (Wildman–Crippen LogP) is 4.48. The van der Waals surface area contributed by atoms with E-state index in [-0.39, 0.29) is 5.69 Å². The highest BCUT2D eigenvalue weighted by molar-refractivity contribution is 5.83. The molecule has 7 heteroatoms. The number of imidazole rings is 1. The molecule has 0 spiro atoms. The van der Waals surface area contributed by atoms with Gasteiger partial charge in [-0.2, -0.15) is 0 Å². The molecule has 0 radical (unpaired) electrons. The van der Waals surface area contributed by atoms with Gasteiger partial charge >= 0.3 is 0 Å². The fourth-order valence-electron chi connectivity index (χ4n) is 3.04. The van der Waals surface area contributed by atoms with Gasteiger partial charge in [-0.1, -0.05) is 36.4 Å². The number of hydrogen-bond acceptors (Lipinski definition) is 5. The Balaban J connectivity index is 1.93. The number of aromatic nitrogens is 2. The van der Waals surface area contributed by atoms with E-state index in [0.29, 0.717) is 28.5 Å². The molecule has 0 saturated heterocycles. The number of nitrogens with one attached hydrogen (secondary N) is 1. The standard InChI is InChI=1S/C21H17N5O2/c22-15-9-5-13(6-10-15)19-20(14-7-11-16(23)12-8-14)25-21(24-19)17-3-1-2-4-18(17)26(27)28/h1-12H,22-23H2,(H,24,25). The lowest BCUT2D eigenvalue weighted by Gasteiger charge is -2.04. The maximum Gasteiger partial charge on any atom is 0.280 e. The largest absolute Gasteiger partial charge is 0.399 e. The van der Waals surface area contributed by atoms with Crippen LogP contribution in [0.15, 0.2) is 72.8 Å². The Morgan fingerprint density at radius 1 is 0.821 bits per heavy atom. The average Bonchev–Trinajstić information content (AvgIpc) is 3.14. The van der Waals surface area contributed by atoms with Crippen LogP contribution in [0.3, 0.4) is 0 Å². The molecule has 0 saturated carbocycles. The summed E-state index contributed by atoms with van der Waals surface area (Å²) in [6.07, 6.45) is 0. The van der Waals surface area contributed by atoms with Crippen molar-refractivity contribution in [3.63, 3.8) is 0 Å². The molecule has 5 N–H and O–H groups in total. The van der Waals surface area contributed by atoms with Gasteiger partial charge in [0.25, 0.3) is 5.69 Å². The zero-order chi connectivity index (χ0) is 19.7. The molecule has 1 aromatic heterocycles. The van der Waals surface area contributed by atoms with E-state index in [0.717, 1.165) is 16.8 Å². The molecule has 0 amide bonds. The highest BCUT2D eigenvalue weighted by Gasteiger charge is 2.21. The minimum Gasteiger partial charge on any atom is -0.399 e. The number of hydrogen-bond donors (Lipinski definition) is 3. The van der Waals surface area contributed by atoms with Crippen LogP contribution in [0, 0.1) is 10.1 Å². The highest BCUT2D eigenvalue weighted by Crippen LogP contribution is 2.36. The van der Waals surface area contributed by atoms with Gasteiger partial charge in [-0.3, -0.25) is 10.1 Å². The highest BCUT2D eigenvalue weighted by atomic mass is 16.6. The van der Waals surface area contributed by atoms with E-state index in [9.17, 15) is 10.1 Å². The van der Waals surface area contributed by atoms with E-state index >= 15 is 0 Å². The molecular weight excluding hydrogens is 354 g/mol. The van der Waals surface area contributed by atoms with E-state index in [1.807, 2.05) is 24.3 Å². The van der Waals surface area contributed by atoms with Crippen LogP contribution in [0.2, 0.25) is 0 Å². The number of nitro benzene ring substituents is 1. The first-order valence-electron chi connectivity index (χ1n) is 8.58. The minimum atomic E-state index is -0.413. The second kappa shape index (κ2) is 6.88. The Bertz CT molecular complexity index is 1090. The molecule has 0 unspecified atom stereocenters. The molecule has 4 aromatic rings. The fraction of sp³-hybridized carbons (Fsp3) is 0. The zero-order valence-corrected chi connectivity index (χ0v) is 14.8. The average molecular weight is 371 g/mol. The van der Waals surface area contributed by atoms with Crippen LogP contribution in [0.25, 0.3) is 33.9 Å². The molecule has 0 aliphatic carbocycles. The molecule has 7 nitrogen and oxygen atoms in total. The van der Waals surface area contributed by atoms with Crippen LogP contribution in [-0.4, -0.2) is 14.9 Å². The number of nitrogen functional groups attached to an aromatic ring is 2. The number of H-pyrrole nitrogens is 1. The van der Waals surface area contributed by atoms with Crippen molar-refractivity contribution in [3.05, 3.63) is 82.9 Å². The van der Waals surface area contributed by atoms with Crippen molar-refractivity contribution in [1.82, 2.24) is 9.97 Å². The Morgan fingerprint density at radius 3 is 2.00 bits per heavy atom. The van der Waals surface area contributed by atoms with Crippen LogP contribution in [0.1, 0.15) is 0 Å². The van der Waals surface area contributed by atoms with Gasteiger partial charge in [-0.25, -0.2) is 4.98 Å². The normalized spacial score (nSPS) is 10.7. The molecule has 28 heavy (non-hydrogen) atoms. The van der Waals surface area contributed by atoms with Gasteiger partial charge < -0.3 is 16.5 Å². The first kappa shape index (κ1) is 17.3. The summed E-state index contributed by atoms with van der Waals surface area (Å²) in [7, 11) is 0. The Morgan fingerprint density at radius 2 is 1.39 bits per heavy atom. The maximum absolute atomic E-state index is 11.4. The minimum absolute atomic E-state index is 0.0102. The summed E-state index contributed by atoms with van der Waals surface area (Å²) in [6, 6.07) is 21.2. The van der Waals surface area contributed by atoms with Crippen molar-refractivity contribution in [2.45, 2.75) is 0 Å². The van der Waals surface area contributed by atoms with Crippen molar-refractivity contribution in [3.8, 4) is 33.9 Å². The van der Waals surface area contributed by atoms with Gasteiger partial charge in [0, 0.05) is 28.6 Å². The maximum atomic E-state index is 11.4. The summed E-state index contributed by atoms with van der Waals surface area (Å²) in [4.78, 5) is 19.0. The van der Waals surface area contributed by atoms with Gasteiger partial charge in [0.05, 0.1) is 21.9 Å². The van der Waals surface area contributed by atoms with Gasteiger partial charge in [0.2, 0.25) is 0 Å². The van der Waals surface area contributed by atoms with Crippen molar-refractivity contribution in [2.24, 2.45) is 0 Å². The number of nitro groups is 1. The third-order valence-electron chi connectivity index (χ3n) is 4.44. The number of nitrogens with two attached hydrogens (primary N) is 2. The van der Waals surface area contributed by atoms with E-state index in [1.165, 1.54) is 6.07 Å². The third kappa shape index (κ3) is 3.16. The second-order valence-corrected chi connectivity index (χ2v) is 6.33. The van der Waals surface area contributed by atoms with Gasteiger partial charge in [0.1, 0.15) is 5.82 Å². The third-order valence-corrected chi connectivity index (χ3v) is 4.44. The number of benzene rings is 3. The number of rotatable bonds is 4. The quantitative estimate of drug-likeness (QED) is 0.277. The van der Waals surface area contributed by atoms with Crippen molar-refractivity contribution < 1.29 is 4.92 Å². The lowest BCUT2D eigenvalue weighted by molar-refractivity contribution is -0.384. The Kier molecular flexibility index (Phi) is 4.25. The zero-order valence-electron chi connectivity index (χ0n) is 14.8. The number of nitrogens with zero attached hydrogens (tertiary/aromatic N) is 2. The summed E-state index contributed by atoms with van der Waals surface area (Å²) in [5.41, 5.74) is 16.5. The summed E-state index contributed by atoms with van der Waals surface area (Å²) in [5.74, 6) is 0.422. The van der Waals surface area contributed by atoms with Crippen molar-refractivity contribution >= 4 is 17.1 Å². The van der Waals surface area contributed by atoms with Crippen LogP contribution < -0.4 is 11.5 Å². The van der Waals surface area contributed by atoms with Crippen LogP contribution in [-0.2, 0) is 0 Å². The summed E-state index contributed by atoms with van der Waals surface area (Å²) < 4.78 is 0. The van der Waals surface area contributed by atoms with Crippen molar-refractivity contribution in [2.75, 3.05) is 11.5 Å². The smallest absolute Gasteiger partial charge is 0.280 e. The van der Waals surface area contributed by atoms with E-state index in [2.05, 4.69) is 4.98 Å². The summed E-state index contributed by atoms with van der Waals surface area (Å²) >= 11 is 0. The van der Waals surface area contributed by atoms with E-state index in [4.69, 9.17) is 16.5 Å². The summed E-state index contributed by atoms with van der Waals surface area (Å²) in [5, 5.41) is 11.4. The van der Waals surface area contributed by atoms with Gasteiger partial charge in [-0.15, -0.1) is 0 Å². The Hall–Kier alpha value is -4.13. The molecule has 138 valence electrons. The van der Waals surface area contributed by atoms with Crippen molar-refractivity contribution in [1.29, 1.82) is 0 Å². The number of aromatic amines is 1. The lowest BCUT2D eigenvalue weighted by Crippen LogP contribution is -1.92. The molecule has 0 bridgehead atoms. The first-order chi connectivity index (χ1) is 13.5. The van der Waals surface area contributed by atoms with E-state index in [1.54, 1.807) is 42.5 Å².